The summed E-state index contributed by atoms with van der Waals surface area (Å²) in [4.78, 5) is 38.2. The van der Waals surface area contributed by atoms with E-state index < -0.39 is 17.8 Å². The zero-order chi connectivity index (χ0) is 24.0. The summed E-state index contributed by atoms with van der Waals surface area (Å²) in [5.41, 5.74) is 0.890. The zero-order valence-electron chi connectivity index (χ0n) is 18.2. The van der Waals surface area contributed by atoms with E-state index in [1.54, 1.807) is 42.5 Å². The Bertz CT molecular complexity index is 1110. The number of esters is 1. The van der Waals surface area contributed by atoms with Gasteiger partial charge < -0.3 is 18.9 Å². The van der Waals surface area contributed by atoms with E-state index in [4.69, 9.17) is 26.4 Å². The molecule has 0 bridgehead atoms. The van der Waals surface area contributed by atoms with Crippen LogP contribution in [0.5, 0.6) is 17.2 Å². The summed E-state index contributed by atoms with van der Waals surface area (Å²) in [5, 5.41) is 2.52. The predicted octanol–water partition coefficient (Wildman–Crippen LogP) is 2.48. The van der Waals surface area contributed by atoms with Crippen molar-refractivity contribution in [3.8, 4) is 17.2 Å². The Morgan fingerprint density at radius 3 is 2.42 bits per heavy atom. The van der Waals surface area contributed by atoms with Crippen LogP contribution in [-0.4, -0.2) is 50.3 Å². The molecule has 1 N–H and O–H groups in total. The van der Waals surface area contributed by atoms with Crippen molar-refractivity contribution in [2.75, 3.05) is 32.3 Å². The van der Waals surface area contributed by atoms with E-state index in [1.807, 2.05) is 6.92 Å². The second-order valence-corrected chi connectivity index (χ2v) is 7.05. The van der Waals surface area contributed by atoms with Gasteiger partial charge in [0.25, 0.3) is 11.8 Å². The van der Waals surface area contributed by atoms with E-state index in [0.717, 1.165) is 0 Å². The van der Waals surface area contributed by atoms with Crippen molar-refractivity contribution >= 4 is 46.9 Å². The van der Waals surface area contributed by atoms with Crippen LogP contribution in [0.15, 0.2) is 48.0 Å². The molecule has 1 saturated heterocycles. The molecule has 0 unspecified atom stereocenters. The molecule has 172 valence electrons. The first-order valence-electron chi connectivity index (χ1n) is 9.90. The average Bonchev–Trinajstić information content (AvgIpc) is 2.81. The van der Waals surface area contributed by atoms with Crippen LogP contribution in [0.3, 0.4) is 0 Å². The second kappa shape index (κ2) is 10.6. The fraction of sp³-hybridized carbons (Fsp3) is 0.217. The molecule has 10 heteroatoms. The van der Waals surface area contributed by atoms with Crippen LogP contribution in [0, 0.1) is 0 Å². The molecule has 3 rings (SSSR count). The van der Waals surface area contributed by atoms with Gasteiger partial charge in [-0.1, -0.05) is 6.07 Å². The fourth-order valence-electron chi connectivity index (χ4n) is 3.01. The van der Waals surface area contributed by atoms with Crippen LogP contribution in [0.2, 0.25) is 0 Å². The summed E-state index contributed by atoms with van der Waals surface area (Å²) in [6.07, 6.45) is 1.42. The summed E-state index contributed by atoms with van der Waals surface area (Å²) in [7, 11) is 2.69. The van der Waals surface area contributed by atoms with Gasteiger partial charge in [0.05, 0.1) is 26.5 Å². The minimum atomic E-state index is -0.614. The van der Waals surface area contributed by atoms with Gasteiger partial charge in [-0.05, 0) is 67.2 Å². The SMILES string of the molecule is CCOc1ccc(N2C(=O)/C(=C/c3ccc(OCC(=O)OC)c(OC)c3)C(=O)NC2=S)cc1. The first kappa shape index (κ1) is 23.7. The Kier molecular flexibility index (Phi) is 7.62. The van der Waals surface area contributed by atoms with Crippen molar-refractivity contribution in [3.05, 3.63) is 53.6 Å². The molecule has 0 spiro atoms. The molecule has 1 aliphatic heterocycles. The molecule has 1 heterocycles. The topological polar surface area (TPSA) is 103 Å². The number of amides is 2. The fourth-order valence-corrected chi connectivity index (χ4v) is 3.29. The Morgan fingerprint density at radius 1 is 1.06 bits per heavy atom. The van der Waals surface area contributed by atoms with Gasteiger partial charge in [0.1, 0.15) is 11.3 Å². The molecule has 0 radical (unpaired) electrons. The number of methoxy groups -OCH3 is 2. The minimum Gasteiger partial charge on any atom is -0.494 e. The van der Waals surface area contributed by atoms with Gasteiger partial charge in [-0.25, -0.2) is 4.79 Å². The number of rotatable bonds is 8. The van der Waals surface area contributed by atoms with Crippen molar-refractivity contribution < 1.29 is 33.3 Å². The summed E-state index contributed by atoms with van der Waals surface area (Å²) < 4.78 is 20.7. The lowest BCUT2D eigenvalue weighted by atomic mass is 10.1. The molecule has 2 amide bonds. The highest BCUT2D eigenvalue weighted by Gasteiger charge is 2.34. The third kappa shape index (κ3) is 5.47. The number of anilines is 1. The predicted molar refractivity (Wildman–Crippen MR) is 124 cm³/mol. The number of nitrogens with zero attached hydrogens (tertiary/aromatic N) is 1. The molecular formula is C23H22N2O7S. The van der Waals surface area contributed by atoms with Gasteiger partial charge in [0.15, 0.2) is 23.2 Å². The van der Waals surface area contributed by atoms with Crippen LogP contribution in [0.4, 0.5) is 5.69 Å². The first-order chi connectivity index (χ1) is 15.9. The van der Waals surface area contributed by atoms with Gasteiger partial charge >= 0.3 is 5.97 Å². The Morgan fingerprint density at radius 2 is 1.79 bits per heavy atom. The molecule has 2 aromatic rings. The average molecular weight is 471 g/mol. The quantitative estimate of drug-likeness (QED) is 0.272. The lowest BCUT2D eigenvalue weighted by Crippen LogP contribution is -2.54. The molecule has 33 heavy (non-hydrogen) atoms. The van der Waals surface area contributed by atoms with Crippen molar-refractivity contribution in [1.82, 2.24) is 5.32 Å². The Hall–Kier alpha value is -3.92. The lowest BCUT2D eigenvalue weighted by Gasteiger charge is -2.29. The molecule has 0 aliphatic carbocycles. The van der Waals surface area contributed by atoms with E-state index in [-0.39, 0.29) is 17.3 Å². The number of ether oxygens (including phenoxy) is 4. The molecule has 0 saturated carbocycles. The zero-order valence-corrected chi connectivity index (χ0v) is 19.1. The van der Waals surface area contributed by atoms with Crippen LogP contribution >= 0.6 is 12.2 Å². The van der Waals surface area contributed by atoms with Crippen LogP contribution in [0.25, 0.3) is 6.08 Å². The summed E-state index contributed by atoms with van der Waals surface area (Å²) >= 11 is 5.22. The molecule has 9 nitrogen and oxygen atoms in total. The lowest BCUT2D eigenvalue weighted by molar-refractivity contribution is -0.143. The Balaban J connectivity index is 1.88. The van der Waals surface area contributed by atoms with Crippen LogP contribution < -0.4 is 24.4 Å². The molecule has 0 atom stereocenters. The number of benzene rings is 2. The standard InChI is InChI=1S/C23H22N2O7S/c1-4-31-16-8-6-15(7-9-16)25-22(28)17(21(27)24-23(25)33)11-14-5-10-18(19(12-14)29-2)32-13-20(26)30-3/h5-12H,4,13H2,1-3H3,(H,24,27,33)/b17-11+. The first-order valence-corrected chi connectivity index (χ1v) is 10.3. The van der Waals surface area contributed by atoms with Crippen molar-refractivity contribution in [2.24, 2.45) is 0 Å². The van der Waals surface area contributed by atoms with Gasteiger partial charge in [-0.3, -0.25) is 19.8 Å². The number of nitrogens with one attached hydrogen (secondary N) is 1. The number of thiocarbonyl (C=S) groups is 1. The second-order valence-electron chi connectivity index (χ2n) is 6.66. The third-order valence-electron chi connectivity index (χ3n) is 4.58. The van der Waals surface area contributed by atoms with Gasteiger partial charge in [0, 0.05) is 0 Å². The summed E-state index contributed by atoms with van der Waals surface area (Å²) in [6, 6.07) is 11.6. The number of hydrogen-bond acceptors (Lipinski definition) is 8. The molecule has 1 fully saturated rings. The van der Waals surface area contributed by atoms with E-state index in [0.29, 0.717) is 35.1 Å². The maximum atomic E-state index is 13.2. The van der Waals surface area contributed by atoms with E-state index in [1.165, 1.54) is 25.2 Å². The van der Waals surface area contributed by atoms with Crippen molar-refractivity contribution in [1.29, 1.82) is 0 Å². The molecular weight excluding hydrogens is 448 g/mol. The van der Waals surface area contributed by atoms with Gasteiger partial charge in [-0.2, -0.15) is 0 Å². The van der Waals surface area contributed by atoms with Crippen LogP contribution in [-0.2, 0) is 19.1 Å². The van der Waals surface area contributed by atoms with Crippen LogP contribution in [0.1, 0.15) is 12.5 Å². The highest BCUT2D eigenvalue weighted by atomic mass is 32.1. The van der Waals surface area contributed by atoms with Gasteiger partial charge in [0.2, 0.25) is 0 Å². The minimum absolute atomic E-state index is 0.0181. The monoisotopic (exact) mass is 470 g/mol. The molecule has 1 aliphatic rings. The maximum Gasteiger partial charge on any atom is 0.343 e. The highest BCUT2D eigenvalue weighted by molar-refractivity contribution is 7.80. The highest BCUT2D eigenvalue weighted by Crippen LogP contribution is 2.30. The Labute approximate surface area is 195 Å². The van der Waals surface area contributed by atoms with E-state index in [9.17, 15) is 14.4 Å². The third-order valence-corrected chi connectivity index (χ3v) is 4.86. The molecule has 0 aromatic heterocycles. The van der Waals surface area contributed by atoms with E-state index >= 15 is 0 Å². The maximum absolute atomic E-state index is 13.2. The number of hydrogen-bond donors (Lipinski definition) is 1. The number of carbonyl (C=O) groups excluding carboxylic acids is 3. The van der Waals surface area contributed by atoms with Crippen molar-refractivity contribution in [2.45, 2.75) is 6.92 Å². The molecule has 2 aromatic carbocycles. The largest absolute Gasteiger partial charge is 0.494 e. The summed E-state index contributed by atoms with van der Waals surface area (Å²) in [6.45, 7) is 2.10. The number of carbonyl (C=O) groups is 3. The van der Waals surface area contributed by atoms with Gasteiger partial charge in [-0.15, -0.1) is 0 Å². The normalized spacial score (nSPS) is 14.7. The van der Waals surface area contributed by atoms with E-state index in [2.05, 4.69) is 10.1 Å². The summed E-state index contributed by atoms with van der Waals surface area (Å²) in [5.74, 6) is -0.455. The van der Waals surface area contributed by atoms with Crippen molar-refractivity contribution in [3.63, 3.8) is 0 Å². The smallest absolute Gasteiger partial charge is 0.343 e.